The number of amides is 1. The van der Waals surface area contributed by atoms with Crippen molar-refractivity contribution in [1.82, 2.24) is 10.2 Å². The Balaban J connectivity index is 1.64. The molecule has 5 nitrogen and oxygen atoms in total. The predicted molar refractivity (Wildman–Crippen MR) is 88.1 cm³/mol. The summed E-state index contributed by atoms with van der Waals surface area (Å²) in [7, 11) is 0. The molecule has 2 aliphatic rings. The summed E-state index contributed by atoms with van der Waals surface area (Å²) < 4.78 is 5.68. The summed E-state index contributed by atoms with van der Waals surface area (Å²) in [6.07, 6.45) is 2.18. The highest BCUT2D eigenvalue weighted by atomic mass is 16.5. The molecule has 1 aromatic carbocycles. The highest BCUT2D eigenvalue weighted by Crippen LogP contribution is 2.29. The van der Waals surface area contributed by atoms with Gasteiger partial charge in [-0.05, 0) is 25.8 Å². The van der Waals surface area contributed by atoms with Crippen molar-refractivity contribution in [2.45, 2.75) is 32.4 Å². The van der Waals surface area contributed by atoms with Gasteiger partial charge >= 0.3 is 0 Å². The number of nitrogens with zero attached hydrogens (tertiary/aromatic N) is 1. The molecule has 0 spiro atoms. The summed E-state index contributed by atoms with van der Waals surface area (Å²) in [6, 6.07) is 8.40. The molecule has 0 bridgehead atoms. The molecule has 1 aromatic rings. The monoisotopic (exact) mass is 318 g/mol. The Morgan fingerprint density at radius 3 is 2.83 bits per heavy atom. The first-order chi connectivity index (χ1) is 11.2. The van der Waals surface area contributed by atoms with Crippen LogP contribution in [0.15, 0.2) is 24.3 Å². The first-order valence-corrected chi connectivity index (χ1v) is 8.55. The number of benzene rings is 1. The van der Waals surface area contributed by atoms with Crippen molar-refractivity contribution >= 4 is 5.91 Å². The molecule has 2 atom stereocenters. The van der Waals surface area contributed by atoms with E-state index in [0.29, 0.717) is 19.2 Å². The molecule has 1 aliphatic carbocycles. The molecule has 0 aromatic heterocycles. The quantitative estimate of drug-likeness (QED) is 0.798. The van der Waals surface area contributed by atoms with Crippen LogP contribution in [0.25, 0.3) is 0 Å². The fraction of sp³-hybridized carbons (Fsp3) is 0.611. The minimum absolute atomic E-state index is 0.0213. The Morgan fingerprint density at radius 2 is 2.13 bits per heavy atom. The SMILES string of the molecule is CCOc1ccccc1CN1C[C@@H](CO)[C@H](C(=O)NC2CC2)C1. The maximum atomic E-state index is 12.4. The van der Waals surface area contributed by atoms with Crippen LogP contribution in [-0.4, -0.2) is 48.3 Å². The van der Waals surface area contributed by atoms with Crippen LogP contribution in [0.4, 0.5) is 0 Å². The molecule has 0 radical (unpaired) electrons. The second-order valence-electron chi connectivity index (χ2n) is 6.57. The Kier molecular flexibility index (Phi) is 5.18. The van der Waals surface area contributed by atoms with Crippen LogP contribution in [0.1, 0.15) is 25.3 Å². The lowest BCUT2D eigenvalue weighted by Crippen LogP contribution is -2.37. The minimum atomic E-state index is -0.111. The largest absolute Gasteiger partial charge is 0.494 e. The van der Waals surface area contributed by atoms with Gasteiger partial charge in [-0.25, -0.2) is 0 Å². The predicted octanol–water partition coefficient (Wildman–Crippen LogP) is 1.40. The van der Waals surface area contributed by atoms with Crippen molar-refractivity contribution < 1.29 is 14.6 Å². The Labute approximate surface area is 137 Å². The molecule has 3 rings (SSSR count). The molecule has 2 N–H and O–H groups in total. The molecule has 23 heavy (non-hydrogen) atoms. The minimum Gasteiger partial charge on any atom is -0.494 e. The molecular formula is C18H26N2O3. The number of hydrogen-bond acceptors (Lipinski definition) is 4. The normalized spacial score (nSPS) is 24.6. The number of carbonyl (C=O) groups is 1. The molecule has 1 aliphatic heterocycles. The van der Waals surface area contributed by atoms with Crippen LogP contribution in [0, 0.1) is 11.8 Å². The van der Waals surface area contributed by atoms with Crippen molar-refractivity contribution in [3.05, 3.63) is 29.8 Å². The van der Waals surface area contributed by atoms with Gasteiger partial charge in [-0.2, -0.15) is 0 Å². The van der Waals surface area contributed by atoms with E-state index in [1.165, 1.54) is 0 Å². The summed E-state index contributed by atoms with van der Waals surface area (Å²) >= 11 is 0. The van der Waals surface area contributed by atoms with Gasteiger partial charge in [0.15, 0.2) is 0 Å². The second-order valence-corrected chi connectivity index (χ2v) is 6.57. The summed E-state index contributed by atoms with van der Waals surface area (Å²) in [5, 5.41) is 12.7. The Bertz CT molecular complexity index is 545. The first kappa shape index (κ1) is 16.3. The number of likely N-dealkylation sites (tertiary alicyclic amines) is 1. The number of para-hydroxylation sites is 1. The molecule has 1 amide bonds. The van der Waals surface area contributed by atoms with Gasteiger partial charge in [0.2, 0.25) is 5.91 Å². The molecule has 2 fully saturated rings. The van der Waals surface area contributed by atoms with Gasteiger partial charge in [-0.15, -0.1) is 0 Å². The zero-order valence-electron chi connectivity index (χ0n) is 13.7. The average molecular weight is 318 g/mol. The van der Waals surface area contributed by atoms with Crippen molar-refractivity contribution in [3.8, 4) is 5.75 Å². The van der Waals surface area contributed by atoms with Crippen molar-refractivity contribution in [3.63, 3.8) is 0 Å². The van der Waals surface area contributed by atoms with Gasteiger partial charge in [0.05, 0.1) is 12.5 Å². The fourth-order valence-corrected chi connectivity index (χ4v) is 3.28. The van der Waals surface area contributed by atoms with Crippen LogP contribution in [0.5, 0.6) is 5.75 Å². The fourth-order valence-electron chi connectivity index (χ4n) is 3.28. The Hall–Kier alpha value is -1.59. The van der Waals surface area contributed by atoms with Crippen LogP contribution >= 0.6 is 0 Å². The van der Waals surface area contributed by atoms with E-state index in [-0.39, 0.29) is 24.3 Å². The molecule has 1 heterocycles. The maximum Gasteiger partial charge on any atom is 0.225 e. The standard InChI is InChI=1S/C18H26N2O3/c1-2-23-17-6-4-3-5-13(17)9-20-10-14(12-21)16(11-20)18(22)19-15-7-8-15/h3-6,14-16,21H,2,7-12H2,1H3,(H,19,22)/t14-,16+/m0/s1. The summed E-state index contributed by atoms with van der Waals surface area (Å²) in [4.78, 5) is 14.6. The van der Waals surface area contributed by atoms with E-state index >= 15 is 0 Å². The van der Waals surface area contributed by atoms with Gasteiger partial charge in [0, 0.05) is 43.8 Å². The van der Waals surface area contributed by atoms with E-state index in [1.54, 1.807) is 0 Å². The third-order valence-electron chi connectivity index (χ3n) is 4.68. The molecule has 1 saturated carbocycles. The highest BCUT2D eigenvalue weighted by Gasteiger charge is 2.38. The molecule has 0 unspecified atom stereocenters. The number of carbonyl (C=O) groups excluding carboxylic acids is 1. The molecular weight excluding hydrogens is 292 g/mol. The lowest BCUT2D eigenvalue weighted by atomic mass is 9.96. The first-order valence-electron chi connectivity index (χ1n) is 8.55. The van der Waals surface area contributed by atoms with E-state index in [2.05, 4.69) is 16.3 Å². The topological polar surface area (TPSA) is 61.8 Å². The van der Waals surface area contributed by atoms with E-state index in [1.807, 2.05) is 25.1 Å². The molecule has 5 heteroatoms. The van der Waals surface area contributed by atoms with E-state index in [0.717, 1.165) is 37.2 Å². The van der Waals surface area contributed by atoms with E-state index in [4.69, 9.17) is 4.74 Å². The summed E-state index contributed by atoms with van der Waals surface area (Å²) in [5.74, 6) is 0.918. The van der Waals surface area contributed by atoms with Gasteiger partial charge in [0.1, 0.15) is 5.75 Å². The van der Waals surface area contributed by atoms with E-state index < -0.39 is 0 Å². The number of ether oxygens (including phenoxy) is 1. The van der Waals surface area contributed by atoms with E-state index in [9.17, 15) is 9.90 Å². The van der Waals surface area contributed by atoms with Crippen LogP contribution in [0.3, 0.4) is 0 Å². The number of aliphatic hydroxyl groups excluding tert-OH is 1. The summed E-state index contributed by atoms with van der Waals surface area (Å²) in [6.45, 7) is 4.88. The van der Waals surface area contributed by atoms with Gasteiger partial charge in [-0.3, -0.25) is 9.69 Å². The molecule has 126 valence electrons. The van der Waals surface area contributed by atoms with Crippen molar-refractivity contribution in [2.24, 2.45) is 11.8 Å². The third kappa shape index (κ3) is 4.03. The highest BCUT2D eigenvalue weighted by molar-refractivity contribution is 5.80. The van der Waals surface area contributed by atoms with Crippen molar-refractivity contribution in [2.75, 3.05) is 26.3 Å². The number of hydrogen-bond donors (Lipinski definition) is 2. The summed E-state index contributed by atoms with van der Waals surface area (Å²) in [5.41, 5.74) is 1.13. The molecule has 1 saturated heterocycles. The number of rotatable bonds is 7. The van der Waals surface area contributed by atoms with Crippen LogP contribution in [-0.2, 0) is 11.3 Å². The Morgan fingerprint density at radius 1 is 1.35 bits per heavy atom. The zero-order chi connectivity index (χ0) is 16.2. The van der Waals surface area contributed by atoms with Crippen LogP contribution in [0.2, 0.25) is 0 Å². The lowest BCUT2D eigenvalue weighted by molar-refractivity contribution is -0.126. The van der Waals surface area contributed by atoms with Crippen LogP contribution < -0.4 is 10.1 Å². The number of aliphatic hydroxyl groups is 1. The zero-order valence-corrected chi connectivity index (χ0v) is 13.7. The van der Waals surface area contributed by atoms with Gasteiger partial charge in [-0.1, -0.05) is 18.2 Å². The number of nitrogens with one attached hydrogen (secondary N) is 1. The lowest BCUT2D eigenvalue weighted by Gasteiger charge is -2.18. The average Bonchev–Trinajstić information content (AvgIpc) is 3.26. The third-order valence-corrected chi connectivity index (χ3v) is 4.68. The smallest absolute Gasteiger partial charge is 0.225 e. The maximum absolute atomic E-state index is 12.4. The van der Waals surface area contributed by atoms with Gasteiger partial charge < -0.3 is 15.2 Å². The second kappa shape index (κ2) is 7.32. The van der Waals surface area contributed by atoms with Gasteiger partial charge in [0.25, 0.3) is 0 Å². The van der Waals surface area contributed by atoms with Crippen molar-refractivity contribution in [1.29, 1.82) is 0 Å².